The highest BCUT2D eigenvalue weighted by molar-refractivity contribution is 6.01. The third-order valence-corrected chi connectivity index (χ3v) is 4.62. The first-order chi connectivity index (χ1) is 14.2. The Morgan fingerprint density at radius 1 is 1.28 bits per heavy atom. The molecule has 0 unspecified atom stereocenters. The Balaban J connectivity index is 1.66. The van der Waals surface area contributed by atoms with Crippen molar-refractivity contribution >= 4 is 12.0 Å². The fourth-order valence-corrected chi connectivity index (χ4v) is 3.05. The van der Waals surface area contributed by atoms with Crippen molar-refractivity contribution in [3.63, 3.8) is 0 Å². The molecule has 0 bridgehead atoms. The van der Waals surface area contributed by atoms with E-state index in [1.54, 1.807) is 25.3 Å². The van der Waals surface area contributed by atoms with Crippen molar-refractivity contribution in [3.8, 4) is 17.6 Å². The number of carbonyl (C=O) groups is 1. The minimum absolute atomic E-state index is 0.0278. The van der Waals surface area contributed by atoms with Gasteiger partial charge in [0.2, 0.25) is 0 Å². The van der Waals surface area contributed by atoms with Gasteiger partial charge in [-0.05, 0) is 42.2 Å². The number of methoxy groups -OCH3 is 1. The molecule has 150 valence electrons. The highest BCUT2D eigenvalue weighted by Gasteiger charge is 2.17. The Bertz CT molecular complexity index is 897. The van der Waals surface area contributed by atoms with Crippen LogP contribution in [0.25, 0.3) is 6.08 Å². The fourth-order valence-electron chi connectivity index (χ4n) is 3.05. The zero-order valence-corrected chi connectivity index (χ0v) is 16.4. The van der Waals surface area contributed by atoms with E-state index in [1.165, 1.54) is 6.08 Å². The maximum atomic E-state index is 12.3. The second-order valence-corrected chi connectivity index (χ2v) is 6.70. The van der Waals surface area contributed by atoms with Gasteiger partial charge in [0.1, 0.15) is 18.2 Å². The number of nitrogens with zero attached hydrogens (tertiary/aromatic N) is 1. The van der Waals surface area contributed by atoms with Crippen LogP contribution in [0.4, 0.5) is 0 Å². The molecule has 2 aromatic carbocycles. The molecule has 1 N–H and O–H groups in total. The Kier molecular flexibility index (Phi) is 7.26. The van der Waals surface area contributed by atoms with Gasteiger partial charge in [-0.3, -0.25) is 4.79 Å². The molecule has 1 atom stereocenters. The smallest absolute Gasteiger partial charge is 0.262 e. The molecular weight excluding hydrogens is 368 g/mol. The van der Waals surface area contributed by atoms with Gasteiger partial charge >= 0.3 is 0 Å². The zero-order valence-electron chi connectivity index (χ0n) is 16.4. The lowest BCUT2D eigenvalue weighted by Gasteiger charge is -2.12. The number of ether oxygens (including phenoxy) is 3. The van der Waals surface area contributed by atoms with Crippen molar-refractivity contribution in [2.45, 2.75) is 25.6 Å². The number of hydrogen-bond acceptors (Lipinski definition) is 5. The van der Waals surface area contributed by atoms with Gasteiger partial charge in [-0.1, -0.05) is 36.4 Å². The second kappa shape index (κ2) is 10.3. The van der Waals surface area contributed by atoms with Crippen LogP contribution in [0.1, 0.15) is 24.0 Å². The van der Waals surface area contributed by atoms with Crippen molar-refractivity contribution in [1.82, 2.24) is 5.32 Å². The van der Waals surface area contributed by atoms with Crippen molar-refractivity contribution in [2.75, 3.05) is 20.3 Å². The first-order valence-electron chi connectivity index (χ1n) is 9.56. The molecule has 6 heteroatoms. The first-order valence-corrected chi connectivity index (χ1v) is 9.56. The van der Waals surface area contributed by atoms with Crippen LogP contribution in [0.5, 0.6) is 11.5 Å². The van der Waals surface area contributed by atoms with E-state index in [0.29, 0.717) is 30.2 Å². The summed E-state index contributed by atoms with van der Waals surface area (Å²) in [6, 6.07) is 17.1. The van der Waals surface area contributed by atoms with E-state index in [2.05, 4.69) is 5.32 Å². The number of amides is 1. The summed E-state index contributed by atoms with van der Waals surface area (Å²) in [6.07, 6.45) is 3.49. The van der Waals surface area contributed by atoms with Crippen LogP contribution >= 0.6 is 0 Å². The molecule has 1 amide bonds. The van der Waals surface area contributed by atoms with E-state index in [-0.39, 0.29) is 11.7 Å². The lowest BCUT2D eigenvalue weighted by atomic mass is 10.1. The van der Waals surface area contributed by atoms with Gasteiger partial charge in [0.15, 0.2) is 11.5 Å². The van der Waals surface area contributed by atoms with E-state index in [1.807, 2.05) is 36.4 Å². The van der Waals surface area contributed by atoms with Crippen LogP contribution in [0.2, 0.25) is 0 Å². The van der Waals surface area contributed by atoms with Crippen LogP contribution in [0.15, 0.2) is 54.1 Å². The topological polar surface area (TPSA) is 80.6 Å². The Morgan fingerprint density at radius 2 is 2.10 bits per heavy atom. The number of rotatable bonds is 8. The van der Waals surface area contributed by atoms with Gasteiger partial charge in [0.05, 0.1) is 13.2 Å². The number of carbonyl (C=O) groups excluding carboxylic acids is 1. The average Bonchev–Trinajstić information content (AvgIpc) is 3.29. The summed E-state index contributed by atoms with van der Waals surface area (Å²) in [7, 11) is 1.55. The SMILES string of the molecule is COc1cc(/C=C(\C#N)C(=O)NC[C@@H]2CCCO2)ccc1OCc1ccccc1. The lowest BCUT2D eigenvalue weighted by Crippen LogP contribution is -2.32. The second-order valence-electron chi connectivity index (χ2n) is 6.70. The summed E-state index contributed by atoms with van der Waals surface area (Å²) in [5.74, 6) is 0.716. The number of nitrogens with one attached hydrogen (secondary N) is 1. The first kappa shape index (κ1) is 20.4. The van der Waals surface area contributed by atoms with Crippen molar-refractivity contribution in [2.24, 2.45) is 0 Å². The Hall–Kier alpha value is -3.30. The Labute approximate surface area is 170 Å². The van der Waals surface area contributed by atoms with E-state index in [0.717, 1.165) is 25.0 Å². The predicted molar refractivity (Wildman–Crippen MR) is 109 cm³/mol. The normalized spacial score (nSPS) is 16.1. The van der Waals surface area contributed by atoms with Crippen LogP contribution < -0.4 is 14.8 Å². The van der Waals surface area contributed by atoms with Crippen LogP contribution in [-0.2, 0) is 16.1 Å². The summed E-state index contributed by atoms with van der Waals surface area (Å²) >= 11 is 0. The highest BCUT2D eigenvalue weighted by Crippen LogP contribution is 2.29. The van der Waals surface area contributed by atoms with Gasteiger partial charge in [-0.2, -0.15) is 5.26 Å². The monoisotopic (exact) mass is 392 g/mol. The van der Waals surface area contributed by atoms with Crippen LogP contribution in [-0.4, -0.2) is 32.3 Å². The van der Waals surface area contributed by atoms with Gasteiger partial charge in [0.25, 0.3) is 5.91 Å². The number of benzene rings is 2. The molecule has 6 nitrogen and oxygen atoms in total. The lowest BCUT2D eigenvalue weighted by molar-refractivity contribution is -0.117. The minimum atomic E-state index is -0.411. The molecular formula is C23H24N2O4. The zero-order chi connectivity index (χ0) is 20.5. The third kappa shape index (κ3) is 5.84. The summed E-state index contributed by atoms with van der Waals surface area (Å²) in [5, 5.41) is 12.1. The van der Waals surface area contributed by atoms with E-state index >= 15 is 0 Å². The minimum Gasteiger partial charge on any atom is -0.493 e. The van der Waals surface area contributed by atoms with Crippen LogP contribution in [0, 0.1) is 11.3 Å². The molecule has 1 aliphatic heterocycles. The molecule has 3 rings (SSSR count). The molecule has 0 spiro atoms. The Morgan fingerprint density at radius 3 is 2.79 bits per heavy atom. The fraction of sp³-hybridized carbons (Fsp3) is 0.304. The number of hydrogen-bond donors (Lipinski definition) is 1. The molecule has 0 saturated carbocycles. The molecule has 0 radical (unpaired) electrons. The quantitative estimate of drug-likeness (QED) is 0.550. The molecule has 29 heavy (non-hydrogen) atoms. The van der Waals surface area contributed by atoms with Gasteiger partial charge < -0.3 is 19.5 Å². The van der Waals surface area contributed by atoms with Crippen LogP contribution in [0.3, 0.4) is 0 Å². The summed E-state index contributed by atoms with van der Waals surface area (Å²) < 4.78 is 16.7. The third-order valence-electron chi connectivity index (χ3n) is 4.62. The molecule has 1 heterocycles. The predicted octanol–water partition coefficient (Wildman–Crippen LogP) is 3.48. The molecule has 1 saturated heterocycles. The number of nitriles is 1. The van der Waals surface area contributed by atoms with E-state index < -0.39 is 5.91 Å². The summed E-state index contributed by atoms with van der Waals surface area (Å²) in [6.45, 7) is 1.55. The maximum Gasteiger partial charge on any atom is 0.262 e. The largest absolute Gasteiger partial charge is 0.493 e. The molecule has 0 aromatic heterocycles. The van der Waals surface area contributed by atoms with Crippen molar-refractivity contribution in [1.29, 1.82) is 5.26 Å². The van der Waals surface area contributed by atoms with Gasteiger partial charge in [-0.15, -0.1) is 0 Å². The molecule has 0 aliphatic carbocycles. The molecule has 1 fully saturated rings. The standard InChI is InChI=1S/C23H24N2O4/c1-27-22-13-18(9-10-21(22)29-16-17-6-3-2-4-7-17)12-19(14-24)23(26)25-15-20-8-5-11-28-20/h2-4,6-7,9-10,12-13,20H,5,8,11,15-16H2,1H3,(H,25,26)/b19-12+/t20-/m0/s1. The van der Waals surface area contributed by atoms with Crippen molar-refractivity contribution in [3.05, 3.63) is 65.2 Å². The van der Waals surface area contributed by atoms with E-state index in [9.17, 15) is 10.1 Å². The van der Waals surface area contributed by atoms with E-state index in [4.69, 9.17) is 14.2 Å². The highest BCUT2D eigenvalue weighted by atomic mass is 16.5. The van der Waals surface area contributed by atoms with Crippen molar-refractivity contribution < 1.29 is 19.0 Å². The summed E-state index contributed by atoms with van der Waals surface area (Å²) in [5.41, 5.74) is 1.76. The molecule has 1 aliphatic rings. The van der Waals surface area contributed by atoms with Gasteiger partial charge in [-0.25, -0.2) is 0 Å². The summed E-state index contributed by atoms with van der Waals surface area (Å²) in [4.78, 5) is 12.3. The maximum absolute atomic E-state index is 12.3. The molecule has 2 aromatic rings. The van der Waals surface area contributed by atoms with Gasteiger partial charge in [0, 0.05) is 13.2 Å². The average molecular weight is 392 g/mol.